The number of nitrogens with one attached hydrogen (secondary N) is 1. The number of nitro benzene ring substituents is 1. The van der Waals surface area contributed by atoms with Crippen molar-refractivity contribution < 1.29 is 13.3 Å². The van der Waals surface area contributed by atoms with Gasteiger partial charge in [0.25, 0.3) is 5.69 Å². The van der Waals surface area contributed by atoms with Crippen LogP contribution in [0.1, 0.15) is 25.7 Å². The van der Waals surface area contributed by atoms with Gasteiger partial charge < -0.3 is 0 Å². The third-order valence-corrected chi connectivity index (χ3v) is 5.87. The summed E-state index contributed by atoms with van der Waals surface area (Å²) in [6.45, 7) is 0. The van der Waals surface area contributed by atoms with Crippen LogP contribution in [0.3, 0.4) is 0 Å². The monoisotopic (exact) mass is 296 g/mol. The standard InChI is InChI=1S/C13H16N2O4S/c16-15(17)11-2-1-3-12(8-11)20(18,19)14-13-7-9-4-5-10(13)6-9/h1-3,8-10,13-14H,4-7H2/t9-,10-,13+/m0/s1. The molecule has 0 aromatic heterocycles. The quantitative estimate of drug-likeness (QED) is 0.680. The highest BCUT2D eigenvalue weighted by molar-refractivity contribution is 7.89. The summed E-state index contributed by atoms with van der Waals surface area (Å²) >= 11 is 0. The molecule has 1 aromatic rings. The van der Waals surface area contributed by atoms with Crippen molar-refractivity contribution in [3.63, 3.8) is 0 Å². The summed E-state index contributed by atoms with van der Waals surface area (Å²) in [6.07, 6.45) is 4.26. The minimum atomic E-state index is -3.68. The number of non-ortho nitro benzene ring substituents is 1. The Balaban J connectivity index is 1.81. The van der Waals surface area contributed by atoms with Gasteiger partial charge in [0, 0.05) is 18.2 Å². The summed E-state index contributed by atoms with van der Waals surface area (Å²) in [5.41, 5.74) is -0.208. The lowest BCUT2D eigenvalue weighted by molar-refractivity contribution is -0.385. The van der Waals surface area contributed by atoms with Crippen LogP contribution in [0.25, 0.3) is 0 Å². The van der Waals surface area contributed by atoms with E-state index in [1.54, 1.807) is 0 Å². The van der Waals surface area contributed by atoms with Gasteiger partial charge in [-0.15, -0.1) is 0 Å². The number of hydrogen-bond acceptors (Lipinski definition) is 4. The van der Waals surface area contributed by atoms with Crippen LogP contribution in [0.15, 0.2) is 29.2 Å². The van der Waals surface area contributed by atoms with Crippen molar-refractivity contribution in [2.24, 2.45) is 11.8 Å². The lowest BCUT2D eigenvalue weighted by atomic mass is 9.96. The first-order valence-electron chi connectivity index (χ1n) is 6.72. The second-order valence-corrected chi connectivity index (χ2v) is 7.37. The van der Waals surface area contributed by atoms with Crippen molar-refractivity contribution in [2.45, 2.75) is 36.6 Å². The average molecular weight is 296 g/mol. The van der Waals surface area contributed by atoms with Crippen molar-refractivity contribution >= 4 is 15.7 Å². The van der Waals surface area contributed by atoms with E-state index in [9.17, 15) is 18.5 Å². The highest BCUT2D eigenvalue weighted by Gasteiger charge is 2.41. The van der Waals surface area contributed by atoms with Crippen LogP contribution < -0.4 is 4.72 Å². The van der Waals surface area contributed by atoms with Crippen molar-refractivity contribution in [2.75, 3.05) is 0 Å². The Hall–Kier alpha value is -1.47. The molecule has 0 heterocycles. The number of nitro groups is 1. The Morgan fingerprint density at radius 1 is 1.25 bits per heavy atom. The van der Waals surface area contributed by atoms with E-state index in [4.69, 9.17) is 0 Å². The molecule has 1 aromatic carbocycles. The highest BCUT2D eigenvalue weighted by atomic mass is 32.2. The maximum absolute atomic E-state index is 12.3. The van der Waals surface area contributed by atoms with E-state index in [2.05, 4.69) is 4.72 Å². The minimum absolute atomic E-state index is 0.0157. The summed E-state index contributed by atoms with van der Waals surface area (Å²) in [4.78, 5) is 10.1. The van der Waals surface area contributed by atoms with E-state index < -0.39 is 14.9 Å². The van der Waals surface area contributed by atoms with Gasteiger partial charge in [0.15, 0.2) is 0 Å². The van der Waals surface area contributed by atoms with E-state index in [0.717, 1.165) is 25.3 Å². The Morgan fingerprint density at radius 2 is 2.05 bits per heavy atom. The zero-order chi connectivity index (χ0) is 14.3. The summed E-state index contributed by atoms with van der Waals surface area (Å²) < 4.78 is 27.3. The van der Waals surface area contributed by atoms with E-state index in [-0.39, 0.29) is 16.6 Å². The molecule has 1 N–H and O–H groups in total. The first-order chi connectivity index (χ1) is 9.45. The molecular weight excluding hydrogens is 280 g/mol. The van der Waals surface area contributed by atoms with Crippen molar-refractivity contribution in [3.8, 4) is 0 Å². The lowest BCUT2D eigenvalue weighted by Gasteiger charge is -2.22. The molecule has 2 bridgehead atoms. The van der Waals surface area contributed by atoms with Crippen LogP contribution in [0.2, 0.25) is 0 Å². The SMILES string of the molecule is O=[N+]([O-])c1cccc(S(=O)(=O)N[C@@H]2C[C@H]3CC[C@H]2C3)c1. The van der Waals surface area contributed by atoms with Crippen LogP contribution in [0, 0.1) is 22.0 Å². The maximum atomic E-state index is 12.3. The summed E-state index contributed by atoms with van der Waals surface area (Å²) in [7, 11) is -3.68. The fourth-order valence-corrected chi connectivity index (χ4v) is 4.78. The number of fused-ring (bicyclic) bond motifs is 2. The van der Waals surface area contributed by atoms with Gasteiger partial charge in [-0.3, -0.25) is 10.1 Å². The Morgan fingerprint density at radius 3 is 2.65 bits per heavy atom. The van der Waals surface area contributed by atoms with Crippen LogP contribution in [-0.4, -0.2) is 19.4 Å². The largest absolute Gasteiger partial charge is 0.270 e. The smallest absolute Gasteiger partial charge is 0.258 e. The van der Waals surface area contributed by atoms with Crippen LogP contribution in [-0.2, 0) is 10.0 Å². The molecule has 108 valence electrons. The van der Waals surface area contributed by atoms with Crippen LogP contribution in [0.4, 0.5) is 5.69 Å². The second-order valence-electron chi connectivity index (χ2n) is 5.66. The number of benzene rings is 1. The Kier molecular flexibility index (Phi) is 3.25. The van der Waals surface area contributed by atoms with Crippen molar-refractivity contribution in [1.82, 2.24) is 4.72 Å². The topological polar surface area (TPSA) is 89.3 Å². The normalized spacial score (nSPS) is 28.7. The van der Waals surface area contributed by atoms with Gasteiger partial charge in [-0.05, 0) is 37.2 Å². The maximum Gasteiger partial charge on any atom is 0.270 e. The zero-order valence-electron chi connectivity index (χ0n) is 10.9. The lowest BCUT2D eigenvalue weighted by Crippen LogP contribution is -2.38. The molecule has 0 radical (unpaired) electrons. The third kappa shape index (κ3) is 2.43. The third-order valence-electron chi connectivity index (χ3n) is 4.38. The van der Waals surface area contributed by atoms with Gasteiger partial charge in [-0.1, -0.05) is 12.5 Å². The van der Waals surface area contributed by atoms with Gasteiger partial charge in [0.05, 0.1) is 9.82 Å². The molecule has 2 aliphatic carbocycles. The first-order valence-corrected chi connectivity index (χ1v) is 8.21. The van der Waals surface area contributed by atoms with E-state index in [0.29, 0.717) is 11.8 Å². The molecule has 2 aliphatic rings. The van der Waals surface area contributed by atoms with Crippen molar-refractivity contribution in [3.05, 3.63) is 34.4 Å². The predicted octanol–water partition coefficient (Wildman–Crippen LogP) is 2.06. The summed E-state index contributed by atoms with van der Waals surface area (Å²) in [5, 5.41) is 10.7. The average Bonchev–Trinajstić information content (AvgIpc) is 3.00. The zero-order valence-corrected chi connectivity index (χ0v) is 11.7. The molecule has 0 amide bonds. The van der Waals surface area contributed by atoms with E-state index in [1.807, 2.05) is 0 Å². The molecule has 0 spiro atoms. The molecule has 7 heteroatoms. The molecule has 2 fully saturated rings. The number of hydrogen-bond donors (Lipinski definition) is 1. The summed E-state index contributed by atoms with van der Waals surface area (Å²) in [5.74, 6) is 1.06. The highest BCUT2D eigenvalue weighted by Crippen LogP contribution is 2.44. The van der Waals surface area contributed by atoms with Gasteiger partial charge >= 0.3 is 0 Å². The fraction of sp³-hybridized carbons (Fsp3) is 0.538. The van der Waals surface area contributed by atoms with Crippen LogP contribution >= 0.6 is 0 Å². The fourth-order valence-electron chi connectivity index (χ4n) is 3.42. The Bertz CT molecular complexity index is 644. The van der Waals surface area contributed by atoms with Gasteiger partial charge in [-0.25, -0.2) is 13.1 Å². The van der Waals surface area contributed by atoms with Gasteiger partial charge in [0.2, 0.25) is 10.0 Å². The molecule has 0 aliphatic heterocycles. The number of nitrogens with zero attached hydrogens (tertiary/aromatic N) is 1. The second kappa shape index (κ2) is 4.82. The van der Waals surface area contributed by atoms with Crippen LogP contribution in [0.5, 0.6) is 0 Å². The summed E-state index contributed by atoms with van der Waals surface area (Å²) in [6, 6.07) is 5.17. The molecular formula is C13H16N2O4S. The van der Waals surface area contributed by atoms with Crippen molar-refractivity contribution in [1.29, 1.82) is 0 Å². The molecule has 3 rings (SSSR count). The van der Waals surface area contributed by atoms with E-state index >= 15 is 0 Å². The van der Waals surface area contributed by atoms with Gasteiger partial charge in [0.1, 0.15) is 0 Å². The van der Waals surface area contributed by atoms with E-state index in [1.165, 1.54) is 24.6 Å². The molecule has 3 atom stereocenters. The molecule has 0 unspecified atom stereocenters. The minimum Gasteiger partial charge on any atom is -0.258 e. The molecule has 6 nitrogen and oxygen atoms in total. The molecule has 20 heavy (non-hydrogen) atoms. The number of sulfonamides is 1. The Labute approximate surface area is 117 Å². The molecule has 0 saturated heterocycles. The first kappa shape index (κ1) is 13.5. The molecule has 2 saturated carbocycles. The van der Waals surface area contributed by atoms with Gasteiger partial charge in [-0.2, -0.15) is 0 Å². The predicted molar refractivity (Wildman–Crippen MR) is 72.7 cm³/mol. The number of rotatable bonds is 4.